The third-order valence-electron chi connectivity index (χ3n) is 1.78. The van der Waals surface area contributed by atoms with Crippen molar-refractivity contribution in [2.24, 2.45) is 7.05 Å². The Hall–Kier alpha value is -1.46. The summed E-state index contributed by atoms with van der Waals surface area (Å²) in [5.74, 6) is -0.521. The van der Waals surface area contributed by atoms with Crippen LogP contribution in [0.1, 0.15) is 24.6 Å². The predicted molar refractivity (Wildman–Crippen MR) is 48.5 cm³/mol. The number of aryl methyl sites for hydroxylation is 1. The number of rotatable bonds is 4. The van der Waals surface area contributed by atoms with E-state index in [2.05, 4.69) is 9.84 Å². The molecule has 1 rings (SSSR count). The third kappa shape index (κ3) is 3.00. The fraction of sp³-hybridized carbons (Fsp3) is 0.556. The molecule has 0 atom stereocenters. The molecule has 0 unspecified atom stereocenters. The minimum atomic E-state index is -2.67. The molecule has 6 heteroatoms. The standard InChI is InChI=1S/C9H12F2N2O2/c1-3-15-7(14)4-6-5-13(2)12-8(6)9(10)11/h5,9H,3-4H2,1-2H3. The highest BCUT2D eigenvalue weighted by Gasteiger charge is 2.19. The van der Waals surface area contributed by atoms with Crippen molar-refractivity contribution < 1.29 is 18.3 Å². The van der Waals surface area contributed by atoms with Crippen molar-refractivity contribution >= 4 is 5.97 Å². The van der Waals surface area contributed by atoms with Gasteiger partial charge in [0, 0.05) is 18.8 Å². The maximum atomic E-state index is 12.4. The number of halogens is 2. The predicted octanol–water partition coefficient (Wildman–Crippen LogP) is 1.46. The van der Waals surface area contributed by atoms with Gasteiger partial charge in [0.25, 0.3) is 6.43 Å². The summed E-state index contributed by atoms with van der Waals surface area (Å²) in [7, 11) is 1.53. The van der Waals surface area contributed by atoms with E-state index in [-0.39, 0.29) is 24.3 Å². The summed E-state index contributed by atoms with van der Waals surface area (Å²) in [4.78, 5) is 11.1. The summed E-state index contributed by atoms with van der Waals surface area (Å²) < 4.78 is 30.8. The van der Waals surface area contributed by atoms with Gasteiger partial charge in [0.1, 0.15) is 5.69 Å². The molecule has 0 N–H and O–H groups in total. The maximum absolute atomic E-state index is 12.4. The molecule has 0 aromatic carbocycles. The number of ether oxygens (including phenoxy) is 1. The van der Waals surface area contributed by atoms with Crippen LogP contribution in [0.5, 0.6) is 0 Å². The lowest BCUT2D eigenvalue weighted by molar-refractivity contribution is -0.142. The summed E-state index contributed by atoms with van der Waals surface area (Å²) >= 11 is 0. The van der Waals surface area contributed by atoms with Crippen LogP contribution in [0.3, 0.4) is 0 Å². The van der Waals surface area contributed by atoms with Crippen LogP contribution in [0.15, 0.2) is 6.20 Å². The second-order valence-electron chi connectivity index (χ2n) is 3.00. The minimum absolute atomic E-state index is 0.165. The van der Waals surface area contributed by atoms with E-state index >= 15 is 0 Å². The van der Waals surface area contributed by atoms with Crippen molar-refractivity contribution in [2.45, 2.75) is 19.8 Å². The molecule has 0 spiro atoms. The molecule has 4 nitrogen and oxygen atoms in total. The van der Waals surface area contributed by atoms with Gasteiger partial charge in [-0.2, -0.15) is 5.10 Å². The number of nitrogens with zero attached hydrogens (tertiary/aromatic N) is 2. The van der Waals surface area contributed by atoms with Crippen LogP contribution < -0.4 is 0 Å². The Morgan fingerprint density at radius 2 is 2.33 bits per heavy atom. The fourth-order valence-corrected chi connectivity index (χ4v) is 1.24. The van der Waals surface area contributed by atoms with Crippen molar-refractivity contribution in [2.75, 3.05) is 6.61 Å². The average molecular weight is 218 g/mol. The van der Waals surface area contributed by atoms with E-state index in [9.17, 15) is 13.6 Å². The molecule has 1 aromatic heterocycles. The number of aromatic nitrogens is 2. The highest BCUT2D eigenvalue weighted by Crippen LogP contribution is 2.21. The van der Waals surface area contributed by atoms with Crippen LogP contribution in [0, 0.1) is 0 Å². The zero-order valence-corrected chi connectivity index (χ0v) is 8.54. The maximum Gasteiger partial charge on any atom is 0.310 e. The SMILES string of the molecule is CCOC(=O)Cc1cn(C)nc1C(F)F. The molecule has 0 bridgehead atoms. The van der Waals surface area contributed by atoms with Gasteiger partial charge in [-0.05, 0) is 6.92 Å². The Kier molecular flexibility index (Phi) is 3.76. The molecule has 0 radical (unpaired) electrons. The topological polar surface area (TPSA) is 44.1 Å². The van der Waals surface area contributed by atoms with E-state index in [0.717, 1.165) is 0 Å². The van der Waals surface area contributed by atoms with Crippen molar-refractivity contribution in [3.8, 4) is 0 Å². The van der Waals surface area contributed by atoms with Gasteiger partial charge in [0.05, 0.1) is 13.0 Å². The Morgan fingerprint density at radius 1 is 1.67 bits per heavy atom. The van der Waals surface area contributed by atoms with Crippen molar-refractivity contribution in [3.63, 3.8) is 0 Å². The monoisotopic (exact) mass is 218 g/mol. The zero-order chi connectivity index (χ0) is 11.4. The van der Waals surface area contributed by atoms with Gasteiger partial charge < -0.3 is 4.74 Å². The molecule has 0 amide bonds. The van der Waals surface area contributed by atoms with Crippen molar-refractivity contribution in [1.82, 2.24) is 9.78 Å². The van der Waals surface area contributed by atoms with E-state index in [1.807, 2.05) is 0 Å². The van der Waals surface area contributed by atoms with Crippen LogP contribution >= 0.6 is 0 Å². The van der Waals surface area contributed by atoms with Crippen LogP contribution in [0.2, 0.25) is 0 Å². The first-order valence-electron chi connectivity index (χ1n) is 4.50. The summed E-state index contributed by atoms with van der Waals surface area (Å²) in [6.45, 7) is 1.90. The summed E-state index contributed by atoms with van der Waals surface area (Å²) in [5, 5.41) is 3.58. The number of hydrogen-bond donors (Lipinski definition) is 0. The molecule has 0 aliphatic rings. The molecule has 1 aromatic rings. The van der Waals surface area contributed by atoms with Gasteiger partial charge in [-0.15, -0.1) is 0 Å². The third-order valence-corrected chi connectivity index (χ3v) is 1.78. The fourth-order valence-electron chi connectivity index (χ4n) is 1.24. The van der Waals surface area contributed by atoms with Crippen LogP contribution in [0.4, 0.5) is 8.78 Å². The van der Waals surface area contributed by atoms with Crippen LogP contribution in [-0.4, -0.2) is 22.4 Å². The van der Waals surface area contributed by atoms with E-state index in [1.54, 1.807) is 6.92 Å². The van der Waals surface area contributed by atoms with Gasteiger partial charge >= 0.3 is 5.97 Å². The lowest BCUT2D eigenvalue weighted by atomic mass is 10.2. The minimum Gasteiger partial charge on any atom is -0.466 e. The normalized spacial score (nSPS) is 10.7. The van der Waals surface area contributed by atoms with Crippen molar-refractivity contribution in [3.05, 3.63) is 17.5 Å². The van der Waals surface area contributed by atoms with E-state index in [4.69, 9.17) is 0 Å². The number of hydrogen-bond acceptors (Lipinski definition) is 3. The first-order valence-corrected chi connectivity index (χ1v) is 4.50. The lowest BCUT2D eigenvalue weighted by Gasteiger charge is -2.01. The highest BCUT2D eigenvalue weighted by molar-refractivity contribution is 5.72. The first-order chi connectivity index (χ1) is 7.04. The molecule has 0 aliphatic heterocycles. The Morgan fingerprint density at radius 3 is 2.87 bits per heavy atom. The zero-order valence-electron chi connectivity index (χ0n) is 8.54. The average Bonchev–Trinajstić information content (AvgIpc) is 2.47. The summed E-state index contributed by atoms with van der Waals surface area (Å²) in [5.41, 5.74) is -0.142. The summed E-state index contributed by atoms with van der Waals surface area (Å²) in [6.07, 6.45) is -1.43. The lowest BCUT2D eigenvalue weighted by Crippen LogP contribution is -2.08. The van der Waals surface area contributed by atoms with E-state index < -0.39 is 12.4 Å². The molecule has 0 saturated heterocycles. The quantitative estimate of drug-likeness (QED) is 0.719. The highest BCUT2D eigenvalue weighted by atomic mass is 19.3. The van der Waals surface area contributed by atoms with Crippen LogP contribution in [-0.2, 0) is 23.0 Å². The van der Waals surface area contributed by atoms with Crippen LogP contribution in [0.25, 0.3) is 0 Å². The van der Waals surface area contributed by atoms with Gasteiger partial charge in [0.15, 0.2) is 0 Å². The molecule has 0 aliphatic carbocycles. The number of carbonyl (C=O) groups excluding carboxylic acids is 1. The van der Waals surface area contributed by atoms with Gasteiger partial charge in [-0.3, -0.25) is 9.48 Å². The van der Waals surface area contributed by atoms with Gasteiger partial charge in [0.2, 0.25) is 0 Å². The molecule has 15 heavy (non-hydrogen) atoms. The molecule has 84 valence electrons. The largest absolute Gasteiger partial charge is 0.466 e. The molecule has 0 saturated carbocycles. The first kappa shape index (κ1) is 11.6. The number of alkyl halides is 2. The number of esters is 1. The Balaban J connectivity index is 2.79. The number of carbonyl (C=O) groups is 1. The molecular formula is C9H12F2N2O2. The second-order valence-corrected chi connectivity index (χ2v) is 3.00. The molecule has 1 heterocycles. The Bertz CT molecular complexity index is 350. The van der Waals surface area contributed by atoms with E-state index in [0.29, 0.717) is 0 Å². The van der Waals surface area contributed by atoms with Gasteiger partial charge in [-0.25, -0.2) is 8.78 Å². The second kappa shape index (κ2) is 4.86. The van der Waals surface area contributed by atoms with Gasteiger partial charge in [-0.1, -0.05) is 0 Å². The molecule has 0 fully saturated rings. The summed E-state index contributed by atoms with van der Waals surface area (Å²) in [6, 6.07) is 0. The van der Waals surface area contributed by atoms with E-state index in [1.165, 1.54) is 17.9 Å². The van der Waals surface area contributed by atoms with Crippen molar-refractivity contribution in [1.29, 1.82) is 0 Å². The Labute approximate surface area is 85.8 Å². The smallest absolute Gasteiger partial charge is 0.310 e. The molecular weight excluding hydrogens is 206 g/mol.